The number of piperazine rings is 1. The minimum Gasteiger partial charge on any atom is -0.617 e. The standard InChI is InChI=1S/C18H20FN5O/c1-3-16-13(2)21-18(17(12-20)24(16)25)23-10-8-22(9-11-23)15-6-4-14(19)5-7-15/h4-7H,3,8-11H2,1-2H3. The number of aromatic nitrogens is 2. The van der Waals surface area contributed by atoms with E-state index in [0.29, 0.717) is 54.5 Å². The molecule has 25 heavy (non-hydrogen) atoms. The normalized spacial score (nSPS) is 14.5. The van der Waals surface area contributed by atoms with E-state index in [1.54, 1.807) is 19.1 Å². The number of halogens is 1. The van der Waals surface area contributed by atoms with Gasteiger partial charge in [-0.3, -0.25) is 0 Å². The molecular weight excluding hydrogens is 321 g/mol. The summed E-state index contributed by atoms with van der Waals surface area (Å²) in [6, 6.07) is 8.42. The molecule has 3 rings (SSSR count). The summed E-state index contributed by atoms with van der Waals surface area (Å²) >= 11 is 0. The number of nitrogens with zero attached hydrogens (tertiary/aromatic N) is 5. The van der Waals surface area contributed by atoms with Crippen LogP contribution in [0.3, 0.4) is 0 Å². The summed E-state index contributed by atoms with van der Waals surface area (Å²) in [5, 5.41) is 21.8. The number of nitriles is 1. The summed E-state index contributed by atoms with van der Waals surface area (Å²) in [4.78, 5) is 8.65. The van der Waals surface area contributed by atoms with E-state index in [4.69, 9.17) is 0 Å². The topological polar surface area (TPSA) is 70.1 Å². The molecule has 0 spiro atoms. The number of anilines is 2. The van der Waals surface area contributed by atoms with Gasteiger partial charge in [0.1, 0.15) is 11.5 Å². The van der Waals surface area contributed by atoms with E-state index in [1.807, 2.05) is 17.9 Å². The Morgan fingerprint density at radius 3 is 2.36 bits per heavy atom. The molecule has 0 N–H and O–H groups in total. The predicted octanol–water partition coefficient (Wildman–Crippen LogP) is 1.92. The third-order valence-corrected chi connectivity index (χ3v) is 4.56. The summed E-state index contributed by atoms with van der Waals surface area (Å²) in [6.45, 7) is 6.39. The second-order valence-electron chi connectivity index (χ2n) is 6.03. The number of hydrogen-bond donors (Lipinski definition) is 0. The number of aryl methyl sites for hydroxylation is 1. The molecule has 1 saturated heterocycles. The van der Waals surface area contributed by atoms with Crippen LogP contribution in [-0.4, -0.2) is 31.2 Å². The fourth-order valence-electron chi connectivity index (χ4n) is 3.19. The largest absolute Gasteiger partial charge is 0.617 e. The first-order valence-electron chi connectivity index (χ1n) is 8.33. The van der Waals surface area contributed by atoms with E-state index >= 15 is 0 Å². The van der Waals surface area contributed by atoms with Crippen molar-refractivity contribution in [3.05, 3.63) is 52.4 Å². The first-order chi connectivity index (χ1) is 12.0. The molecule has 0 bridgehead atoms. The zero-order valence-corrected chi connectivity index (χ0v) is 14.4. The zero-order valence-electron chi connectivity index (χ0n) is 14.4. The summed E-state index contributed by atoms with van der Waals surface area (Å²) in [6.07, 6.45) is 0.537. The molecule has 1 aliphatic rings. The molecule has 0 radical (unpaired) electrons. The molecule has 0 atom stereocenters. The summed E-state index contributed by atoms with van der Waals surface area (Å²) in [5.41, 5.74) is 2.21. The number of hydrogen-bond acceptors (Lipinski definition) is 5. The third kappa shape index (κ3) is 3.20. The fraction of sp³-hybridized carbons (Fsp3) is 0.389. The quantitative estimate of drug-likeness (QED) is 0.630. The number of rotatable bonds is 3. The molecule has 0 unspecified atom stereocenters. The Balaban J connectivity index is 1.81. The Kier molecular flexibility index (Phi) is 4.70. The van der Waals surface area contributed by atoms with Crippen molar-refractivity contribution in [3.63, 3.8) is 0 Å². The molecule has 1 aliphatic heterocycles. The maximum absolute atomic E-state index is 13.1. The molecule has 130 valence electrons. The van der Waals surface area contributed by atoms with Crippen molar-refractivity contribution >= 4 is 11.5 Å². The summed E-state index contributed by atoms with van der Waals surface area (Å²) < 4.78 is 13.8. The van der Waals surface area contributed by atoms with Crippen LogP contribution in [0.25, 0.3) is 0 Å². The average molecular weight is 341 g/mol. The Labute approximate surface area is 146 Å². The molecule has 0 saturated carbocycles. The lowest BCUT2D eigenvalue weighted by molar-refractivity contribution is -0.617. The molecule has 7 heteroatoms. The van der Waals surface area contributed by atoms with E-state index < -0.39 is 0 Å². The van der Waals surface area contributed by atoms with Crippen LogP contribution in [-0.2, 0) is 6.42 Å². The van der Waals surface area contributed by atoms with Crippen molar-refractivity contribution in [3.8, 4) is 6.07 Å². The lowest BCUT2D eigenvalue weighted by Crippen LogP contribution is -2.49. The van der Waals surface area contributed by atoms with Gasteiger partial charge in [0.2, 0.25) is 11.5 Å². The maximum Gasteiger partial charge on any atom is 0.337 e. The molecule has 1 aromatic carbocycles. The third-order valence-electron chi connectivity index (χ3n) is 4.56. The average Bonchev–Trinajstić information content (AvgIpc) is 2.62. The molecule has 2 heterocycles. The molecule has 2 aromatic rings. The van der Waals surface area contributed by atoms with Gasteiger partial charge in [-0.2, -0.15) is 9.99 Å². The summed E-state index contributed by atoms with van der Waals surface area (Å²) in [5.74, 6) is 0.197. The van der Waals surface area contributed by atoms with Gasteiger partial charge in [-0.15, -0.1) is 0 Å². The zero-order chi connectivity index (χ0) is 18.0. The van der Waals surface area contributed by atoms with E-state index in [1.165, 1.54) is 12.1 Å². The van der Waals surface area contributed by atoms with Crippen LogP contribution in [0.15, 0.2) is 24.3 Å². The van der Waals surface area contributed by atoms with Crippen LogP contribution in [0.5, 0.6) is 0 Å². The van der Waals surface area contributed by atoms with Crippen molar-refractivity contribution < 1.29 is 9.12 Å². The van der Waals surface area contributed by atoms with Gasteiger partial charge in [-0.1, -0.05) is 6.92 Å². The lowest BCUT2D eigenvalue weighted by Gasteiger charge is -2.36. The predicted molar refractivity (Wildman–Crippen MR) is 92.9 cm³/mol. The highest BCUT2D eigenvalue weighted by Gasteiger charge is 2.27. The second-order valence-corrected chi connectivity index (χ2v) is 6.03. The lowest BCUT2D eigenvalue weighted by atomic mass is 10.2. The molecule has 6 nitrogen and oxygen atoms in total. The van der Waals surface area contributed by atoms with E-state index in [2.05, 4.69) is 9.88 Å². The van der Waals surface area contributed by atoms with Crippen LogP contribution in [0, 0.1) is 29.3 Å². The summed E-state index contributed by atoms with van der Waals surface area (Å²) in [7, 11) is 0. The van der Waals surface area contributed by atoms with E-state index in [0.717, 1.165) is 5.69 Å². The Hall–Kier alpha value is -2.88. The van der Waals surface area contributed by atoms with Gasteiger partial charge in [0.15, 0.2) is 6.07 Å². The van der Waals surface area contributed by atoms with Crippen molar-refractivity contribution in [2.45, 2.75) is 20.3 Å². The van der Waals surface area contributed by atoms with Gasteiger partial charge in [0.05, 0.1) is 0 Å². The van der Waals surface area contributed by atoms with Crippen LogP contribution in [0.4, 0.5) is 15.9 Å². The van der Waals surface area contributed by atoms with Gasteiger partial charge < -0.3 is 15.0 Å². The minimum absolute atomic E-state index is 0.0534. The van der Waals surface area contributed by atoms with Crippen LogP contribution in [0.2, 0.25) is 0 Å². The van der Waals surface area contributed by atoms with Crippen molar-refractivity contribution in [1.29, 1.82) is 5.26 Å². The van der Waals surface area contributed by atoms with Crippen LogP contribution < -0.4 is 14.5 Å². The van der Waals surface area contributed by atoms with Crippen molar-refractivity contribution in [1.82, 2.24) is 4.98 Å². The molecule has 1 aromatic heterocycles. The highest BCUT2D eigenvalue weighted by atomic mass is 19.1. The molecule has 0 amide bonds. The Morgan fingerprint density at radius 1 is 1.20 bits per heavy atom. The Bertz CT molecular complexity index is 808. The Morgan fingerprint density at radius 2 is 1.80 bits per heavy atom. The van der Waals surface area contributed by atoms with Gasteiger partial charge in [0, 0.05) is 38.3 Å². The first-order valence-corrected chi connectivity index (χ1v) is 8.33. The molecule has 1 fully saturated rings. The van der Waals surface area contributed by atoms with Gasteiger partial charge in [-0.25, -0.2) is 9.37 Å². The first kappa shape index (κ1) is 17.0. The van der Waals surface area contributed by atoms with Gasteiger partial charge in [-0.05, 0) is 31.2 Å². The molecular formula is C18H20FN5O. The fourth-order valence-corrected chi connectivity index (χ4v) is 3.19. The van der Waals surface area contributed by atoms with E-state index in [-0.39, 0.29) is 11.5 Å². The number of benzene rings is 1. The monoisotopic (exact) mass is 341 g/mol. The maximum atomic E-state index is 13.1. The van der Waals surface area contributed by atoms with Gasteiger partial charge >= 0.3 is 5.69 Å². The smallest absolute Gasteiger partial charge is 0.337 e. The van der Waals surface area contributed by atoms with Crippen molar-refractivity contribution in [2.75, 3.05) is 36.0 Å². The van der Waals surface area contributed by atoms with E-state index in [9.17, 15) is 14.9 Å². The molecule has 0 aliphatic carbocycles. The highest BCUT2D eigenvalue weighted by Crippen LogP contribution is 2.22. The highest BCUT2D eigenvalue weighted by molar-refractivity contribution is 5.52. The van der Waals surface area contributed by atoms with Crippen molar-refractivity contribution in [2.24, 2.45) is 0 Å². The van der Waals surface area contributed by atoms with Gasteiger partial charge in [0.25, 0.3) is 0 Å². The SMILES string of the molecule is CCc1c(C)nc(N2CCN(c3ccc(F)cc3)CC2)c(C#N)[n+]1[O-]. The second kappa shape index (κ2) is 6.93. The van der Waals surface area contributed by atoms with Crippen LogP contribution >= 0.6 is 0 Å². The minimum atomic E-state index is -0.253. The van der Waals surface area contributed by atoms with Crippen LogP contribution in [0.1, 0.15) is 24.0 Å².